The number of aliphatic hydroxyl groups is 2. The average molecular weight is 489 g/mol. The molecule has 0 unspecified atom stereocenters. The van der Waals surface area contributed by atoms with E-state index in [-0.39, 0.29) is 12.5 Å². The van der Waals surface area contributed by atoms with E-state index in [0.29, 0.717) is 49.9 Å². The van der Waals surface area contributed by atoms with Gasteiger partial charge in [0.15, 0.2) is 0 Å². The fourth-order valence-electron chi connectivity index (χ4n) is 4.54. The Labute approximate surface area is 205 Å². The third-order valence-electron chi connectivity index (χ3n) is 6.46. The topological polar surface area (TPSA) is 82.5 Å². The maximum absolute atomic E-state index is 11.7. The first-order valence-corrected chi connectivity index (χ1v) is 12.3. The normalized spacial score (nSPS) is 23.3. The fraction of sp³-hybridized carbons (Fsp3) is 0.500. The SMILES string of the molecule is O=C1CCCN1CCCOc1cccc(CN2CC[C@H](O)[C@@](O)(COc3ccc(Cl)cc3)C2)c1. The summed E-state index contributed by atoms with van der Waals surface area (Å²) in [6.07, 6.45) is 2.04. The second-order valence-electron chi connectivity index (χ2n) is 9.20. The van der Waals surface area contributed by atoms with E-state index in [2.05, 4.69) is 4.90 Å². The summed E-state index contributed by atoms with van der Waals surface area (Å²) in [7, 11) is 0. The largest absolute Gasteiger partial charge is 0.494 e. The Balaban J connectivity index is 1.27. The number of nitrogens with zero attached hydrogens (tertiary/aromatic N) is 2. The Morgan fingerprint density at radius 2 is 1.91 bits per heavy atom. The number of ether oxygens (including phenoxy) is 2. The molecule has 0 aromatic heterocycles. The van der Waals surface area contributed by atoms with Gasteiger partial charge < -0.3 is 24.6 Å². The maximum atomic E-state index is 11.7. The van der Waals surface area contributed by atoms with E-state index in [9.17, 15) is 15.0 Å². The number of piperidine rings is 1. The smallest absolute Gasteiger partial charge is 0.222 e. The highest BCUT2D eigenvalue weighted by atomic mass is 35.5. The van der Waals surface area contributed by atoms with Gasteiger partial charge in [0, 0.05) is 44.2 Å². The molecular weight excluding hydrogens is 456 g/mol. The van der Waals surface area contributed by atoms with Crippen molar-refractivity contribution in [2.24, 2.45) is 0 Å². The molecule has 184 valence electrons. The maximum Gasteiger partial charge on any atom is 0.222 e. The van der Waals surface area contributed by atoms with Crippen molar-refractivity contribution < 1.29 is 24.5 Å². The molecule has 4 rings (SSSR count). The third-order valence-corrected chi connectivity index (χ3v) is 6.71. The lowest BCUT2D eigenvalue weighted by atomic mass is 9.90. The summed E-state index contributed by atoms with van der Waals surface area (Å²) in [6, 6.07) is 14.9. The zero-order chi connectivity index (χ0) is 24.0. The molecule has 2 N–H and O–H groups in total. The first-order valence-electron chi connectivity index (χ1n) is 11.9. The molecule has 0 spiro atoms. The lowest BCUT2D eigenvalue weighted by Crippen LogP contribution is -2.59. The van der Waals surface area contributed by atoms with E-state index >= 15 is 0 Å². The molecule has 2 aromatic rings. The van der Waals surface area contributed by atoms with Crippen LogP contribution in [-0.2, 0) is 11.3 Å². The van der Waals surface area contributed by atoms with Crippen LogP contribution in [0.2, 0.25) is 5.02 Å². The molecule has 8 heteroatoms. The molecule has 2 saturated heterocycles. The molecule has 2 aliphatic heterocycles. The Morgan fingerprint density at radius 1 is 1.09 bits per heavy atom. The van der Waals surface area contributed by atoms with E-state index in [1.165, 1.54) is 0 Å². The minimum Gasteiger partial charge on any atom is -0.494 e. The number of hydrogen-bond donors (Lipinski definition) is 2. The van der Waals surface area contributed by atoms with Gasteiger partial charge in [-0.15, -0.1) is 0 Å². The molecule has 0 saturated carbocycles. The number of carbonyl (C=O) groups is 1. The highest BCUT2D eigenvalue weighted by Gasteiger charge is 2.42. The van der Waals surface area contributed by atoms with Crippen LogP contribution in [0.1, 0.15) is 31.2 Å². The molecule has 0 aliphatic carbocycles. The number of aliphatic hydroxyl groups excluding tert-OH is 1. The first-order chi connectivity index (χ1) is 16.4. The van der Waals surface area contributed by atoms with Gasteiger partial charge >= 0.3 is 0 Å². The number of hydrogen-bond acceptors (Lipinski definition) is 6. The summed E-state index contributed by atoms with van der Waals surface area (Å²) in [5.41, 5.74) is -0.288. The van der Waals surface area contributed by atoms with Crippen molar-refractivity contribution in [3.05, 3.63) is 59.1 Å². The lowest BCUT2D eigenvalue weighted by Gasteiger charge is -2.42. The van der Waals surface area contributed by atoms with Crippen molar-refractivity contribution in [3.63, 3.8) is 0 Å². The van der Waals surface area contributed by atoms with E-state index < -0.39 is 11.7 Å². The summed E-state index contributed by atoms with van der Waals surface area (Å²) < 4.78 is 11.7. The Bertz CT molecular complexity index is 956. The standard InChI is InChI=1S/C26H33ClN2O5/c27-21-7-9-22(10-8-21)34-19-26(32)18-28(14-11-24(26)30)17-20-4-1-5-23(16-20)33-15-3-13-29-12-2-6-25(29)31/h1,4-5,7-10,16,24,30,32H,2-3,6,11-15,17-19H2/t24-,26-/m0/s1. The number of halogens is 1. The Hall–Kier alpha value is -2.32. The molecule has 2 fully saturated rings. The molecule has 1 amide bonds. The van der Waals surface area contributed by atoms with Crippen LogP contribution in [0.4, 0.5) is 0 Å². The second kappa shape index (κ2) is 11.4. The van der Waals surface area contributed by atoms with Crippen molar-refractivity contribution in [3.8, 4) is 11.5 Å². The molecule has 2 heterocycles. The van der Waals surface area contributed by atoms with Crippen molar-refractivity contribution in [1.29, 1.82) is 0 Å². The number of carbonyl (C=O) groups excluding carboxylic acids is 1. The number of rotatable bonds is 10. The molecular formula is C26H33ClN2O5. The zero-order valence-corrected chi connectivity index (χ0v) is 20.1. The number of benzene rings is 2. The van der Waals surface area contributed by atoms with Crippen molar-refractivity contribution in [1.82, 2.24) is 9.80 Å². The summed E-state index contributed by atoms with van der Waals surface area (Å²) in [5, 5.41) is 22.2. The molecule has 2 aromatic carbocycles. The minimum absolute atomic E-state index is 0.00499. The first kappa shape index (κ1) is 24.8. The van der Waals surface area contributed by atoms with Crippen LogP contribution < -0.4 is 9.47 Å². The van der Waals surface area contributed by atoms with E-state index in [1.54, 1.807) is 24.3 Å². The number of likely N-dealkylation sites (tertiary alicyclic amines) is 2. The summed E-state index contributed by atoms with van der Waals surface area (Å²) >= 11 is 5.91. The van der Waals surface area contributed by atoms with Crippen LogP contribution in [0.25, 0.3) is 0 Å². The molecule has 2 atom stereocenters. The fourth-order valence-corrected chi connectivity index (χ4v) is 4.66. The average Bonchev–Trinajstić information content (AvgIpc) is 3.24. The van der Waals surface area contributed by atoms with E-state index in [1.807, 2.05) is 29.2 Å². The molecule has 2 aliphatic rings. The van der Waals surface area contributed by atoms with Crippen LogP contribution in [-0.4, -0.2) is 77.0 Å². The van der Waals surface area contributed by atoms with Crippen molar-refractivity contribution >= 4 is 17.5 Å². The van der Waals surface area contributed by atoms with Gasteiger partial charge in [-0.3, -0.25) is 9.69 Å². The van der Waals surface area contributed by atoms with Crippen LogP contribution >= 0.6 is 11.6 Å². The molecule has 7 nitrogen and oxygen atoms in total. The van der Waals surface area contributed by atoms with Gasteiger partial charge in [-0.1, -0.05) is 23.7 Å². The molecule has 34 heavy (non-hydrogen) atoms. The highest BCUT2D eigenvalue weighted by Crippen LogP contribution is 2.26. The molecule has 0 bridgehead atoms. The second-order valence-corrected chi connectivity index (χ2v) is 9.63. The van der Waals surface area contributed by atoms with Gasteiger partial charge in [-0.05, 0) is 61.2 Å². The van der Waals surface area contributed by atoms with E-state index in [4.69, 9.17) is 21.1 Å². The lowest BCUT2D eigenvalue weighted by molar-refractivity contribution is -0.140. The predicted octanol–water partition coefficient (Wildman–Crippen LogP) is 3.11. The summed E-state index contributed by atoms with van der Waals surface area (Å²) in [6.45, 7) is 3.77. The van der Waals surface area contributed by atoms with Crippen LogP contribution in [0.15, 0.2) is 48.5 Å². The van der Waals surface area contributed by atoms with Crippen molar-refractivity contribution in [2.45, 2.75) is 43.9 Å². The van der Waals surface area contributed by atoms with Gasteiger partial charge in [0.05, 0.1) is 12.7 Å². The van der Waals surface area contributed by atoms with E-state index in [0.717, 1.165) is 37.2 Å². The third kappa shape index (κ3) is 6.63. The van der Waals surface area contributed by atoms with Gasteiger partial charge in [0.2, 0.25) is 5.91 Å². The highest BCUT2D eigenvalue weighted by molar-refractivity contribution is 6.30. The van der Waals surface area contributed by atoms with Gasteiger partial charge in [0.1, 0.15) is 23.7 Å². The van der Waals surface area contributed by atoms with Crippen LogP contribution in [0, 0.1) is 0 Å². The van der Waals surface area contributed by atoms with Gasteiger partial charge in [0.25, 0.3) is 0 Å². The van der Waals surface area contributed by atoms with Gasteiger partial charge in [-0.2, -0.15) is 0 Å². The van der Waals surface area contributed by atoms with Gasteiger partial charge in [-0.25, -0.2) is 0 Å². The summed E-state index contributed by atoms with van der Waals surface area (Å²) in [4.78, 5) is 15.7. The Kier molecular flexibility index (Phi) is 8.32. The van der Waals surface area contributed by atoms with Crippen LogP contribution in [0.5, 0.6) is 11.5 Å². The monoisotopic (exact) mass is 488 g/mol. The summed E-state index contributed by atoms with van der Waals surface area (Å²) in [5.74, 6) is 1.64. The number of β-amino-alcohol motifs (C(OH)–C–C–N with tert-alkyl or cyclic N) is 1. The minimum atomic E-state index is -1.36. The Morgan fingerprint density at radius 3 is 2.68 bits per heavy atom. The zero-order valence-electron chi connectivity index (χ0n) is 19.4. The predicted molar refractivity (Wildman–Crippen MR) is 130 cm³/mol. The number of amides is 1. The molecule has 0 radical (unpaired) electrons. The van der Waals surface area contributed by atoms with Crippen LogP contribution in [0.3, 0.4) is 0 Å². The van der Waals surface area contributed by atoms with Crippen molar-refractivity contribution in [2.75, 3.05) is 39.4 Å². The quantitative estimate of drug-likeness (QED) is 0.500.